The molecule has 1 aliphatic heterocycles. The van der Waals surface area contributed by atoms with E-state index in [0.29, 0.717) is 12.3 Å². The minimum atomic E-state index is 0.111. The summed E-state index contributed by atoms with van der Waals surface area (Å²) in [7, 11) is 1.65. The van der Waals surface area contributed by atoms with Crippen molar-refractivity contribution in [2.75, 3.05) is 32.1 Å². The van der Waals surface area contributed by atoms with Crippen molar-refractivity contribution in [2.45, 2.75) is 45.4 Å². The van der Waals surface area contributed by atoms with E-state index in [-0.39, 0.29) is 5.91 Å². The van der Waals surface area contributed by atoms with Crippen molar-refractivity contribution >= 4 is 11.6 Å². The number of nitrogens with one attached hydrogen (secondary N) is 1. The first-order valence-electron chi connectivity index (χ1n) is 10.8. The highest BCUT2D eigenvalue weighted by Crippen LogP contribution is 2.24. The Morgan fingerprint density at radius 1 is 1.21 bits per heavy atom. The molecule has 4 heteroatoms. The van der Waals surface area contributed by atoms with Gasteiger partial charge in [0.1, 0.15) is 5.75 Å². The van der Waals surface area contributed by atoms with Crippen LogP contribution in [0.25, 0.3) is 0 Å². The molecule has 0 aromatic heterocycles. The fourth-order valence-electron chi connectivity index (χ4n) is 4.19. The van der Waals surface area contributed by atoms with E-state index in [0.717, 1.165) is 42.9 Å². The van der Waals surface area contributed by atoms with Crippen LogP contribution in [-0.4, -0.2) is 37.6 Å². The normalized spacial score (nSPS) is 17.1. The smallest absolute Gasteiger partial charge is 0.224 e. The highest BCUT2D eigenvalue weighted by Gasteiger charge is 2.20. The molecule has 0 aliphatic carbocycles. The van der Waals surface area contributed by atoms with E-state index in [4.69, 9.17) is 4.74 Å². The maximum absolute atomic E-state index is 12.4. The van der Waals surface area contributed by atoms with Crippen molar-refractivity contribution in [3.63, 3.8) is 0 Å². The number of rotatable bonds is 9. The van der Waals surface area contributed by atoms with E-state index in [1.807, 2.05) is 25.1 Å². The minimum absolute atomic E-state index is 0.111. The van der Waals surface area contributed by atoms with Crippen LogP contribution < -0.4 is 10.1 Å². The van der Waals surface area contributed by atoms with Crippen molar-refractivity contribution in [1.82, 2.24) is 4.90 Å². The standard InChI is InChI=1S/C25H34N2O2/c1-20-18-23(29-2)13-14-24(20)26-25(28)15-12-22-11-7-17-27(19-22)16-6-10-21-8-4-3-5-9-21/h3-5,8-9,13-14,18,22H,6-7,10-12,15-17,19H2,1-2H3,(H,26,28). The summed E-state index contributed by atoms with van der Waals surface area (Å²) in [6, 6.07) is 16.5. The summed E-state index contributed by atoms with van der Waals surface area (Å²) < 4.78 is 5.23. The molecule has 156 valence electrons. The molecule has 29 heavy (non-hydrogen) atoms. The summed E-state index contributed by atoms with van der Waals surface area (Å²) in [4.78, 5) is 15.0. The molecule has 1 amide bonds. The van der Waals surface area contributed by atoms with E-state index >= 15 is 0 Å². The number of benzene rings is 2. The molecule has 0 radical (unpaired) electrons. The molecule has 4 nitrogen and oxygen atoms in total. The van der Waals surface area contributed by atoms with E-state index in [9.17, 15) is 4.79 Å². The van der Waals surface area contributed by atoms with Crippen molar-refractivity contribution in [3.8, 4) is 5.75 Å². The van der Waals surface area contributed by atoms with Gasteiger partial charge in [-0.1, -0.05) is 30.3 Å². The topological polar surface area (TPSA) is 41.6 Å². The van der Waals surface area contributed by atoms with E-state index in [2.05, 4.69) is 40.5 Å². The third-order valence-electron chi connectivity index (χ3n) is 5.87. The zero-order valence-corrected chi connectivity index (χ0v) is 17.8. The van der Waals surface area contributed by atoms with Crippen LogP contribution in [0, 0.1) is 12.8 Å². The van der Waals surface area contributed by atoms with Crippen molar-refractivity contribution in [2.24, 2.45) is 5.92 Å². The molecule has 0 bridgehead atoms. The molecule has 1 saturated heterocycles. The van der Waals surface area contributed by atoms with Crippen LogP contribution >= 0.6 is 0 Å². The zero-order valence-electron chi connectivity index (χ0n) is 17.8. The summed E-state index contributed by atoms with van der Waals surface area (Å²) in [5.41, 5.74) is 3.33. The third-order valence-corrected chi connectivity index (χ3v) is 5.87. The van der Waals surface area contributed by atoms with Gasteiger partial charge in [-0.05, 0) is 87.4 Å². The quantitative estimate of drug-likeness (QED) is 0.646. The van der Waals surface area contributed by atoms with Gasteiger partial charge in [0, 0.05) is 18.7 Å². The van der Waals surface area contributed by atoms with E-state index in [1.165, 1.54) is 31.4 Å². The van der Waals surface area contributed by atoms with Crippen LogP contribution in [0.2, 0.25) is 0 Å². The highest BCUT2D eigenvalue weighted by atomic mass is 16.5. The largest absolute Gasteiger partial charge is 0.497 e. The van der Waals surface area contributed by atoms with Crippen molar-refractivity contribution in [3.05, 3.63) is 59.7 Å². The van der Waals surface area contributed by atoms with Crippen molar-refractivity contribution < 1.29 is 9.53 Å². The summed E-state index contributed by atoms with van der Waals surface area (Å²) >= 11 is 0. The number of carbonyl (C=O) groups is 1. The lowest BCUT2D eigenvalue weighted by Crippen LogP contribution is -2.36. The zero-order chi connectivity index (χ0) is 20.5. The number of amides is 1. The van der Waals surface area contributed by atoms with Crippen LogP contribution in [0.5, 0.6) is 5.75 Å². The van der Waals surface area contributed by atoms with Gasteiger partial charge in [0.2, 0.25) is 5.91 Å². The molecule has 1 atom stereocenters. The molecule has 2 aromatic rings. The number of nitrogens with zero attached hydrogens (tertiary/aromatic N) is 1. The van der Waals surface area contributed by atoms with E-state index < -0.39 is 0 Å². The fraction of sp³-hybridized carbons (Fsp3) is 0.480. The second-order valence-electron chi connectivity index (χ2n) is 8.17. The number of methoxy groups -OCH3 is 1. The number of anilines is 1. The van der Waals surface area contributed by atoms with Crippen LogP contribution in [0.3, 0.4) is 0 Å². The number of carbonyl (C=O) groups excluding carboxylic acids is 1. The van der Waals surface area contributed by atoms with Crippen LogP contribution in [0.4, 0.5) is 5.69 Å². The molecule has 1 N–H and O–H groups in total. The number of hydrogen-bond donors (Lipinski definition) is 1. The molecule has 0 saturated carbocycles. The van der Waals surface area contributed by atoms with Crippen LogP contribution in [-0.2, 0) is 11.2 Å². The minimum Gasteiger partial charge on any atom is -0.497 e. The molecule has 1 fully saturated rings. The molecule has 0 spiro atoms. The molecule has 3 rings (SSSR count). The molecular weight excluding hydrogens is 360 g/mol. The Bertz CT molecular complexity index is 776. The SMILES string of the molecule is COc1ccc(NC(=O)CCC2CCCN(CCCc3ccccc3)C2)c(C)c1. The average Bonchev–Trinajstić information content (AvgIpc) is 2.75. The first-order chi connectivity index (χ1) is 14.1. The maximum Gasteiger partial charge on any atom is 0.224 e. The lowest BCUT2D eigenvalue weighted by Gasteiger charge is -2.32. The van der Waals surface area contributed by atoms with Gasteiger partial charge in [-0.3, -0.25) is 4.79 Å². The second-order valence-corrected chi connectivity index (χ2v) is 8.17. The van der Waals surface area contributed by atoms with Gasteiger partial charge in [0.15, 0.2) is 0 Å². The molecule has 1 unspecified atom stereocenters. The predicted molar refractivity (Wildman–Crippen MR) is 120 cm³/mol. The summed E-state index contributed by atoms with van der Waals surface area (Å²) in [5.74, 6) is 1.55. The monoisotopic (exact) mass is 394 g/mol. The lowest BCUT2D eigenvalue weighted by molar-refractivity contribution is -0.116. The number of aryl methyl sites for hydroxylation is 2. The Kier molecular flexibility index (Phi) is 8.12. The third kappa shape index (κ3) is 6.90. The van der Waals surface area contributed by atoms with Gasteiger partial charge >= 0.3 is 0 Å². The Balaban J connectivity index is 1.38. The van der Waals surface area contributed by atoms with Gasteiger partial charge < -0.3 is 15.0 Å². The van der Waals surface area contributed by atoms with Gasteiger partial charge in [-0.15, -0.1) is 0 Å². The van der Waals surface area contributed by atoms with Gasteiger partial charge in [0.05, 0.1) is 7.11 Å². The van der Waals surface area contributed by atoms with Gasteiger partial charge in [-0.2, -0.15) is 0 Å². The highest BCUT2D eigenvalue weighted by molar-refractivity contribution is 5.91. The lowest BCUT2D eigenvalue weighted by atomic mass is 9.93. The molecular formula is C25H34N2O2. The Hall–Kier alpha value is -2.33. The number of hydrogen-bond acceptors (Lipinski definition) is 3. The second kappa shape index (κ2) is 11.0. The number of piperidine rings is 1. The Morgan fingerprint density at radius 3 is 2.79 bits per heavy atom. The van der Waals surface area contributed by atoms with Crippen LogP contribution in [0.1, 0.15) is 43.2 Å². The van der Waals surface area contributed by atoms with Crippen LogP contribution in [0.15, 0.2) is 48.5 Å². The predicted octanol–water partition coefficient (Wildman–Crippen LogP) is 5.07. The molecule has 1 aliphatic rings. The first-order valence-corrected chi connectivity index (χ1v) is 10.8. The van der Waals surface area contributed by atoms with Gasteiger partial charge in [0.25, 0.3) is 0 Å². The number of likely N-dealkylation sites (tertiary alicyclic amines) is 1. The summed E-state index contributed by atoms with van der Waals surface area (Å²) in [5, 5.41) is 3.06. The average molecular weight is 395 g/mol. The molecule has 2 aromatic carbocycles. The van der Waals surface area contributed by atoms with E-state index in [1.54, 1.807) is 7.11 Å². The molecule has 1 heterocycles. The maximum atomic E-state index is 12.4. The Morgan fingerprint density at radius 2 is 2.03 bits per heavy atom. The summed E-state index contributed by atoms with van der Waals surface area (Å²) in [6.07, 6.45) is 6.39. The van der Waals surface area contributed by atoms with Crippen molar-refractivity contribution in [1.29, 1.82) is 0 Å². The fourth-order valence-corrected chi connectivity index (χ4v) is 4.19. The van der Waals surface area contributed by atoms with Gasteiger partial charge in [-0.25, -0.2) is 0 Å². The number of ether oxygens (including phenoxy) is 1. The summed E-state index contributed by atoms with van der Waals surface area (Å²) in [6.45, 7) is 5.47. The Labute approximate surface area is 175 Å². The first kappa shape index (κ1) is 21.4.